The number of rotatable bonds is 5. The Hall–Kier alpha value is -3.09. The quantitative estimate of drug-likeness (QED) is 0.813. The summed E-state index contributed by atoms with van der Waals surface area (Å²) >= 11 is 0. The summed E-state index contributed by atoms with van der Waals surface area (Å²) in [6.45, 7) is 0.169. The number of nitrogens with zero attached hydrogens (tertiary/aromatic N) is 1. The maximum atomic E-state index is 12.0. The number of pyridine rings is 1. The SMILES string of the molecule is COc1ccc(OC)c(NC(=O)C(=O)NCc2ccccn2)c1. The van der Waals surface area contributed by atoms with Gasteiger partial charge in [0.1, 0.15) is 11.5 Å². The summed E-state index contributed by atoms with van der Waals surface area (Å²) < 4.78 is 10.2. The van der Waals surface area contributed by atoms with Gasteiger partial charge in [-0.05, 0) is 24.3 Å². The Labute approximate surface area is 133 Å². The molecule has 1 heterocycles. The van der Waals surface area contributed by atoms with Crippen LogP contribution in [0.2, 0.25) is 0 Å². The highest BCUT2D eigenvalue weighted by atomic mass is 16.5. The van der Waals surface area contributed by atoms with Crippen LogP contribution in [0.15, 0.2) is 42.6 Å². The molecule has 23 heavy (non-hydrogen) atoms. The van der Waals surface area contributed by atoms with E-state index >= 15 is 0 Å². The number of anilines is 1. The second-order valence-electron chi connectivity index (χ2n) is 4.52. The summed E-state index contributed by atoms with van der Waals surface area (Å²) in [4.78, 5) is 27.9. The highest BCUT2D eigenvalue weighted by Crippen LogP contribution is 2.28. The molecule has 0 spiro atoms. The lowest BCUT2D eigenvalue weighted by atomic mass is 10.2. The number of carbonyl (C=O) groups is 2. The molecule has 0 bridgehead atoms. The summed E-state index contributed by atoms with van der Waals surface area (Å²) in [7, 11) is 2.98. The highest BCUT2D eigenvalue weighted by molar-refractivity contribution is 6.39. The molecule has 1 aromatic heterocycles. The standard InChI is InChI=1S/C16H17N3O4/c1-22-12-6-7-14(23-2)13(9-12)19-16(21)15(20)18-10-11-5-3-4-8-17-11/h3-9H,10H2,1-2H3,(H,18,20)(H,19,21). The van der Waals surface area contributed by atoms with Gasteiger partial charge in [-0.25, -0.2) is 0 Å². The van der Waals surface area contributed by atoms with Crippen molar-refractivity contribution in [1.82, 2.24) is 10.3 Å². The average molecular weight is 315 g/mol. The van der Waals surface area contributed by atoms with Gasteiger partial charge in [-0.15, -0.1) is 0 Å². The largest absolute Gasteiger partial charge is 0.497 e. The third-order valence-electron chi connectivity index (χ3n) is 3.02. The van der Waals surface area contributed by atoms with Crippen LogP contribution in [0, 0.1) is 0 Å². The molecular weight excluding hydrogens is 298 g/mol. The first-order valence-electron chi connectivity index (χ1n) is 6.85. The van der Waals surface area contributed by atoms with E-state index in [0.717, 1.165) is 0 Å². The van der Waals surface area contributed by atoms with Crippen molar-refractivity contribution in [3.05, 3.63) is 48.3 Å². The smallest absolute Gasteiger partial charge is 0.313 e. The van der Waals surface area contributed by atoms with Crippen molar-refractivity contribution in [2.24, 2.45) is 0 Å². The van der Waals surface area contributed by atoms with Crippen LogP contribution in [0.1, 0.15) is 5.69 Å². The minimum absolute atomic E-state index is 0.169. The molecular formula is C16H17N3O4. The molecule has 120 valence electrons. The molecule has 0 aliphatic rings. The van der Waals surface area contributed by atoms with E-state index in [1.807, 2.05) is 0 Å². The molecule has 0 aliphatic heterocycles. The maximum absolute atomic E-state index is 12.0. The monoisotopic (exact) mass is 315 g/mol. The highest BCUT2D eigenvalue weighted by Gasteiger charge is 2.16. The third-order valence-corrected chi connectivity index (χ3v) is 3.02. The van der Waals surface area contributed by atoms with Crippen LogP contribution in [0.4, 0.5) is 5.69 Å². The minimum atomic E-state index is -0.799. The zero-order valence-electron chi connectivity index (χ0n) is 12.8. The number of hydrogen-bond donors (Lipinski definition) is 2. The number of aromatic nitrogens is 1. The Morgan fingerprint density at radius 2 is 1.91 bits per heavy atom. The van der Waals surface area contributed by atoms with Crippen molar-refractivity contribution in [2.45, 2.75) is 6.54 Å². The topological polar surface area (TPSA) is 89.5 Å². The number of nitrogens with one attached hydrogen (secondary N) is 2. The first-order valence-corrected chi connectivity index (χ1v) is 6.85. The van der Waals surface area contributed by atoms with Gasteiger partial charge < -0.3 is 20.1 Å². The van der Waals surface area contributed by atoms with Gasteiger partial charge in [0, 0.05) is 12.3 Å². The lowest BCUT2D eigenvalue weighted by molar-refractivity contribution is -0.136. The van der Waals surface area contributed by atoms with Crippen LogP contribution in [-0.4, -0.2) is 31.0 Å². The number of methoxy groups -OCH3 is 2. The van der Waals surface area contributed by atoms with E-state index in [1.54, 1.807) is 42.6 Å². The molecule has 1 aromatic carbocycles. The number of benzene rings is 1. The molecule has 2 amide bonds. The minimum Gasteiger partial charge on any atom is -0.497 e. The zero-order chi connectivity index (χ0) is 16.7. The molecule has 2 rings (SSSR count). The van der Waals surface area contributed by atoms with Crippen LogP contribution in [0.5, 0.6) is 11.5 Å². The summed E-state index contributed by atoms with van der Waals surface area (Å²) in [5.41, 5.74) is 1.01. The molecule has 0 atom stereocenters. The van der Waals surface area contributed by atoms with E-state index in [0.29, 0.717) is 22.9 Å². The fourth-order valence-electron chi connectivity index (χ4n) is 1.84. The number of hydrogen-bond acceptors (Lipinski definition) is 5. The van der Waals surface area contributed by atoms with Gasteiger partial charge >= 0.3 is 11.8 Å². The lowest BCUT2D eigenvalue weighted by Gasteiger charge is -2.11. The number of ether oxygens (including phenoxy) is 2. The normalized spacial score (nSPS) is 9.83. The fraction of sp³-hybridized carbons (Fsp3) is 0.188. The van der Waals surface area contributed by atoms with Gasteiger partial charge in [0.15, 0.2) is 0 Å². The van der Waals surface area contributed by atoms with Crippen LogP contribution in [0.25, 0.3) is 0 Å². The zero-order valence-corrected chi connectivity index (χ0v) is 12.8. The summed E-state index contributed by atoms with van der Waals surface area (Å²) in [5, 5.41) is 5.00. The first-order chi connectivity index (χ1) is 11.1. The molecule has 0 fully saturated rings. The van der Waals surface area contributed by atoms with E-state index in [9.17, 15) is 9.59 Å². The van der Waals surface area contributed by atoms with Crippen molar-refractivity contribution in [1.29, 1.82) is 0 Å². The molecule has 7 heteroatoms. The van der Waals surface area contributed by atoms with Crippen LogP contribution >= 0.6 is 0 Å². The van der Waals surface area contributed by atoms with E-state index in [4.69, 9.17) is 9.47 Å². The van der Waals surface area contributed by atoms with Gasteiger partial charge in [-0.3, -0.25) is 14.6 Å². The Morgan fingerprint density at radius 3 is 2.57 bits per heavy atom. The summed E-state index contributed by atoms with van der Waals surface area (Å²) in [5.74, 6) is -0.598. The van der Waals surface area contributed by atoms with E-state index in [-0.39, 0.29) is 6.54 Å². The predicted octanol–water partition coefficient (Wildman–Crippen LogP) is 1.35. The molecule has 0 unspecified atom stereocenters. The number of amides is 2. The Kier molecular flexibility index (Phi) is 5.51. The molecule has 0 saturated heterocycles. The fourth-order valence-corrected chi connectivity index (χ4v) is 1.84. The first kappa shape index (κ1) is 16.3. The number of carbonyl (C=O) groups excluding carboxylic acids is 2. The van der Waals surface area contributed by atoms with Crippen LogP contribution in [0.3, 0.4) is 0 Å². The van der Waals surface area contributed by atoms with Crippen molar-refractivity contribution in [3.8, 4) is 11.5 Å². The van der Waals surface area contributed by atoms with Gasteiger partial charge in [-0.1, -0.05) is 6.07 Å². The Morgan fingerprint density at radius 1 is 1.09 bits per heavy atom. The van der Waals surface area contributed by atoms with Gasteiger partial charge in [0.05, 0.1) is 32.1 Å². The van der Waals surface area contributed by atoms with Crippen molar-refractivity contribution >= 4 is 17.5 Å². The molecule has 0 aliphatic carbocycles. The van der Waals surface area contributed by atoms with E-state index in [1.165, 1.54) is 14.2 Å². The molecule has 2 aromatic rings. The maximum Gasteiger partial charge on any atom is 0.313 e. The second kappa shape index (κ2) is 7.79. The lowest BCUT2D eigenvalue weighted by Crippen LogP contribution is -2.35. The van der Waals surface area contributed by atoms with Crippen molar-refractivity contribution in [3.63, 3.8) is 0 Å². The average Bonchev–Trinajstić information content (AvgIpc) is 2.60. The second-order valence-corrected chi connectivity index (χ2v) is 4.52. The van der Waals surface area contributed by atoms with Crippen LogP contribution < -0.4 is 20.1 Å². The Bertz CT molecular complexity index is 689. The van der Waals surface area contributed by atoms with Gasteiger partial charge in [0.25, 0.3) is 0 Å². The van der Waals surface area contributed by atoms with Crippen LogP contribution in [-0.2, 0) is 16.1 Å². The van der Waals surface area contributed by atoms with E-state index < -0.39 is 11.8 Å². The Balaban J connectivity index is 1.99. The third kappa shape index (κ3) is 4.44. The summed E-state index contributed by atoms with van der Waals surface area (Å²) in [6, 6.07) is 10.2. The van der Waals surface area contributed by atoms with E-state index in [2.05, 4.69) is 15.6 Å². The van der Waals surface area contributed by atoms with Gasteiger partial charge in [-0.2, -0.15) is 0 Å². The molecule has 2 N–H and O–H groups in total. The van der Waals surface area contributed by atoms with Gasteiger partial charge in [0.2, 0.25) is 0 Å². The van der Waals surface area contributed by atoms with Crippen molar-refractivity contribution in [2.75, 3.05) is 19.5 Å². The summed E-state index contributed by atoms with van der Waals surface area (Å²) in [6.07, 6.45) is 1.61. The predicted molar refractivity (Wildman–Crippen MR) is 84.3 cm³/mol. The molecule has 0 saturated carbocycles. The molecule has 0 radical (unpaired) electrons. The van der Waals surface area contributed by atoms with Crippen molar-refractivity contribution < 1.29 is 19.1 Å². The molecule has 7 nitrogen and oxygen atoms in total.